The van der Waals surface area contributed by atoms with Gasteiger partial charge in [0.05, 0.1) is 6.54 Å². The minimum atomic E-state index is 0.228. The van der Waals surface area contributed by atoms with Gasteiger partial charge in [-0.25, -0.2) is 0 Å². The average Bonchev–Trinajstić information content (AvgIpc) is 2.17. The summed E-state index contributed by atoms with van der Waals surface area (Å²) in [6, 6.07) is 0.659. The lowest BCUT2D eigenvalue weighted by molar-refractivity contribution is -0.139. The van der Waals surface area contributed by atoms with E-state index in [4.69, 9.17) is 5.73 Å². The number of carbonyl (C=O) groups is 1. The molecule has 0 spiro atoms. The van der Waals surface area contributed by atoms with Crippen LogP contribution >= 0.6 is 0 Å². The van der Waals surface area contributed by atoms with Crippen LogP contribution < -0.4 is 5.73 Å². The van der Waals surface area contributed by atoms with Crippen LogP contribution in [0.5, 0.6) is 0 Å². The highest BCUT2D eigenvalue weighted by atomic mass is 16.2. The highest BCUT2D eigenvalue weighted by Gasteiger charge is 2.30. The molecule has 1 fully saturated rings. The largest absolute Gasteiger partial charge is 0.337 e. The Bertz CT molecular complexity index is 208. The summed E-state index contributed by atoms with van der Waals surface area (Å²) in [7, 11) is 1.96. The third-order valence-corrected chi connectivity index (χ3v) is 3.13. The molecule has 0 aromatic carbocycles. The van der Waals surface area contributed by atoms with Crippen LogP contribution in [-0.2, 0) is 4.79 Å². The standard InChI is InChI=1S/C10H21N3O/c1-4-8(2)13-6-9(5-11)12(3)7-10(13)14/h8-9H,4-7,11H2,1-3H3. The van der Waals surface area contributed by atoms with Crippen molar-refractivity contribution in [1.82, 2.24) is 9.80 Å². The van der Waals surface area contributed by atoms with Crippen molar-refractivity contribution in [3.63, 3.8) is 0 Å². The molecule has 2 unspecified atom stereocenters. The molecule has 0 radical (unpaired) electrons. The summed E-state index contributed by atoms with van der Waals surface area (Å²) in [4.78, 5) is 15.7. The fraction of sp³-hybridized carbons (Fsp3) is 0.900. The van der Waals surface area contributed by atoms with E-state index in [0.717, 1.165) is 13.0 Å². The molecule has 0 aromatic rings. The number of amides is 1. The van der Waals surface area contributed by atoms with E-state index in [2.05, 4.69) is 13.8 Å². The Kier molecular flexibility index (Phi) is 3.89. The quantitative estimate of drug-likeness (QED) is 0.690. The zero-order valence-electron chi connectivity index (χ0n) is 9.36. The van der Waals surface area contributed by atoms with Crippen LogP contribution in [-0.4, -0.2) is 54.5 Å². The minimum Gasteiger partial charge on any atom is -0.337 e. The second-order valence-electron chi connectivity index (χ2n) is 4.11. The summed E-state index contributed by atoms with van der Waals surface area (Å²) in [5, 5.41) is 0. The van der Waals surface area contributed by atoms with Crippen LogP contribution in [0.25, 0.3) is 0 Å². The summed E-state index contributed by atoms with van der Waals surface area (Å²) in [6.07, 6.45) is 1.01. The van der Waals surface area contributed by atoms with E-state index >= 15 is 0 Å². The molecule has 4 heteroatoms. The summed E-state index contributed by atoms with van der Waals surface area (Å²) in [5.41, 5.74) is 5.66. The molecule has 1 saturated heterocycles. The van der Waals surface area contributed by atoms with E-state index in [0.29, 0.717) is 25.2 Å². The van der Waals surface area contributed by atoms with Gasteiger partial charge in [-0.3, -0.25) is 9.69 Å². The van der Waals surface area contributed by atoms with Gasteiger partial charge in [0.25, 0.3) is 0 Å². The molecule has 1 heterocycles. The molecule has 2 atom stereocenters. The van der Waals surface area contributed by atoms with Gasteiger partial charge < -0.3 is 10.6 Å². The summed E-state index contributed by atoms with van der Waals surface area (Å²) in [6.45, 7) is 6.11. The summed E-state index contributed by atoms with van der Waals surface area (Å²) in [5.74, 6) is 0.228. The Balaban J connectivity index is 2.64. The monoisotopic (exact) mass is 199 g/mol. The highest BCUT2D eigenvalue weighted by Crippen LogP contribution is 2.13. The molecule has 0 bridgehead atoms. The first kappa shape index (κ1) is 11.5. The van der Waals surface area contributed by atoms with Crippen LogP contribution in [0.2, 0.25) is 0 Å². The van der Waals surface area contributed by atoms with Gasteiger partial charge in [-0.1, -0.05) is 6.92 Å². The third-order valence-electron chi connectivity index (χ3n) is 3.13. The summed E-state index contributed by atoms with van der Waals surface area (Å²) >= 11 is 0. The number of hydrogen-bond donors (Lipinski definition) is 1. The molecule has 4 nitrogen and oxygen atoms in total. The van der Waals surface area contributed by atoms with Crippen LogP contribution in [0.4, 0.5) is 0 Å². The van der Waals surface area contributed by atoms with E-state index in [9.17, 15) is 4.79 Å². The molecule has 0 saturated carbocycles. The first-order chi connectivity index (χ1) is 6.60. The number of carbonyl (C=O) groups excluding carboxylic acids is 1. The Morgan fingerprint density at radius 3 is 2.79 bits per heavy atom. The maximum Gasteiger partial charge on any atom is 0.237 e. The number of rotatable bonds is 3. The maximum atomic E-state index is 11.7. The van der Waals surface area contributed by atoms with E-state index in [1.54, 1.807) is 0 Å². The lowest BCUT2D eigenvalue weighted by Gasteiger charge is -2.41. The van der Waals surface area contributed by atoms with Crippen LogP contribution in [0, 0.1) is 0 Å². The van der Waals surface area contributed by atoms with Gasteiger partial charge in [-0.05, 0) is 20.4 Å². The zero-order valence-corrected chi connectivity index (χ0v) is 9.36. The lowest BCUT2D eigenvalue weighted by atomic mass is 10.1. The van der Waals surface area contributed by atoms with Crippen molar-refractivity contribution >= 4 is 5.91 Å². The van der Waals surface area contributed by atoms with Crippen molar-refractivity contribution in [2.24, 2.45) is 5.73 Å². The van der Waals surface area contributed by atoms with Crippen molar-refractivity contribution < 1.29 is 4.79 Å². The van der Waals surface area contributed by atoms with E-state index in [1.165, 1.54) is 0 Å². The van der Waals surface area contributed by atoms with E-state index in [-0.39, 0.29) is 5.91 Å². The molecule has 0 aromatic heterocycles. The molecule has 2 N–H and O–H groups in total. The third kappa shape index (κ3) is 2.25. The van der Waals surface area contributed by atoms with E-state index in [1.807, 2.05) is 16.8 Å². The second kappa shape index (κ2) is 4.75. The molecular weight excluding hydrogens is 178 g/mol. The van der Waals surface area contributed by atoms with Crippen molar-refractivity contribution in [1.29, 1.82) is 0 Å². The van der Waals surface area contributed by atoms with Gasteiger partial charge in [0.1, 0.15) is 0 Å². The lowest BCUT2D eigenvalue weighted by Crippen LogP contribution is -2.59. The fourth-order valence-corrected chi connectivity index (χ4v) is 1.80. The van der Waals surface area contributed by atoms with Crippen molar-refractivity contribution in [3.8, 4) is 0 Å². The fourth-order valence-electron chi connectivity index (χ4n) is 1.80. The minimum absolute atomic E-state index is 0.228. The van der Waals surface area contributed by atoms with Gasteiger partial charge in [0.15, 0.2) is 0 Å². The molecule has 14 heavy (non-hydrogen) atoms. The van der Waals surface area contributed by atoms with Crippen molar-refractivity contribution in [2.45, 2.75) is 32.4 Å². The topological polar surface area (TPSA) is 49.6 Å². The van der Waals surface area contributed by atoms with Crippen molar-refractivity contribution in [3.05, 3.63) is 0 Å². The molecule has 82 valence electrons. The molecule has 0 aliphatic carbocycles. The zero-order chi connectivity index (χ0) is 10.7. The predicted octanol–water partition coefficient (Wildman–Crippen LogP) is -0.114. The molecule has 1 aliphatic rings. The van der Waals surface area contributed by atoms with E-state index < -0.39 is 0 Å². The number of hydrogen-bond acceptors (Lipinski definition) is 3. The average molecular weight is 199 g/mol. The first-order valence-corrected chi connectivity index (χ1v) is 5.29. The second-order valence-corrected chi connectivity index (χ2v) is 4.11. The van der Waals surface area contributed by atoms with Gasteiger partial charge in [0, 0.05) is 25.2 Å². The first-order valence-electron chi connectivity index (χ1n) is 5.29. The molecule has 1 aliphatic heterocycles. The van der Waals surface area contributed by atoms with Crippen LogP contribution in [0.3, 0.4) is 0 Å². The van der Waals surface area contributed by atoms with Gasteiger partial charge in [-0.2, -0.15) is 0 Å². The maximum absolute atomic E-state index is 11.7. The van der Waals surface area contributed by atoms with Gasteiger partial charge in [0.2, 0.25) is 5.91 Å². The normalized spacial score (nSPS) is 26.7. The number of likely N-dealkylation sites (N-methyl/N-ethyl adjacent to an activating group) is 1. The Hall–Kier alpha value is -0.610. The Morgan fingerprint density at radius 1 is 1.64 bits per heavy atom. The molecule has 1 amide bonds. The highest BCUT2D eigenvalue weighted by molar-refractivity contribution is 5.79. The Labute approximate surface area is 86.0 Å². The van der Waals surface area contributed by atoms with Crippen LogP contribution in [0.15, 0.2) is 0 Å². The number of nitrogens with two attached hydrogens (primary N) is 1. The number of nitrogens with zero attached hydrogens (tertiary/aromatic N) is 2. The number of piperazine rings is 1. The molecular formula is C10H21N3O. The summed E-state index contributed by atoms with van der Waals surface area (Å²) < 4.78 is 0. The van der Waals surface area contributed by atoms with Gasteiger partial charge >= 0.3 is 0 Å². The SMILES string of the molecule is CCC(C)N1CC(CN)N(C)CC1=O. The van der Waals surface area contributed by atoms with Crippen LogP contribution in [0.1, 0.15) is 20.3 Å². The predicted molar refractivity (Wildman–Crippen MR) is 56.9 cm³/mol. The smallest absolute Gasteiger partial charge is 0.237 e. The Morgan fingerprint density at radius 2 is 2.29 bits per heavy atom. The molecule has 1 rings (SSSR count). The van der Waals surface area contributed by atoms with Crippen molar-refractivity contribution in [2.75, 3.05) is 26.7 Å². The van der Waals surface area contributed by atoms with Gasteiger partial charge in [-0.15, -0.1) is 0 Å².